The lowest BCUT2D eigenvalue weighted by atomic mass is 10.1. The third-order valence-corrected chi connectivity index (χ3v) is 7.77. The van der Waals surface area contributed by atoms with Crippen molar-refractivity contribution in [1.82, 2.24) is 0 Å². The molecule has 1 saturated carbocycles. The summed E-state index contributed by atoms with van der Waals surface area (Å²) in [7, 11) is -4.04. The molecule has 0 bridgehead atoms. The highest BCUT2D eigenvalue weighted by Gasteiger charge is 2.53. The Morgan fingerprint density at radius 1 is 1.03 bits per heavy atom. The summed E-state index contributed by atoms with van der Waals surface area (Å²) in [6, 6.07) is 9.33. The van der Waals surface area contributed by atoms with E-state index in [1.54, 1.807) is 0 Å². The van der Waals surface area contributed by atoms with Crippen molar-refractivity contribution in [2.45, 2.75) is 42.2 Å². The van der Waals surface area contributed by atoms with Crippen molar-refractivity contribution in [1.29, 1.82) is 0 Å². The van der Waals surface area contributed by atoms with Gasteiger partial charge in [-0.2, -0.15) is 0 Å². The third-order valence-electron chi connectivity index (χ3n) is 5.00. The monoisotopic (exact) mass is 438 g/mol. The van der Waals surface area contributed by atoms with Crippen LogP contribution in [0.25, 0.3) is 0 Å². The Hall–Kier alpha value is -2.45. The smallest absolute Gasteiger partial charge is 0.246 e. The van der Waals surface area contributed by atoms with Crippen molar-refractivity contribution in [3.63, 3.8) is 0 Å². The van der Waals surface area contributed by atoms with Crippen LogP contribution < -0.4 is 10.6 Å². The van der Waals surface area contributed by atoms with E-state index in [2.05, 4.69) is 10.6 Å². The molecule has 0 heterocycles. The van der Waals surface area contributed by atoms with Crippen LogP contribution in [0.5, 0.6) is 0 Å². The molecule has 2 aromatic rings. The molecule has 1 aliphatic carbocycles. The Morgan fingerprint density at radius 2 is 1.66 bits per heavy atom. The Labute approximate surface area is 173 Å². The second-order valence-corrected chi connectivity index (χ2v) is 9.68. The minimum absolute atomic E-state index is 0.00795. The fourth-order valence-electron chi connectivity index (χ4n) is 3.54. The maximum Gasteiger partial charge on any atom is 0.246 e. The van der Waals surface area contributed by atoms with Crippen molar-refractivity contribution in [2.75, 3.05) is 10.6 Å². The molecule has 154 valence electrons. The zero-order valence-electron chi connectivity index (χ0n) is 15.7. The molecule has 0 aliphatic heterocycles. The van der Waals surface area contributed by atoms with Gasteiger partial charge in [0.1, 0.15) is 5.82 Å². The molecule has 0 aromatic heterocycles. The van der Waals surface area contributed by atoms with Gasteiger partial charge >= 0.3 is 0 Å². The van der Waals surface area contributed by atoms with Gasteiger partial charge in [0.15, 0.2) is 14.6 Å². The molecule has 6 nitrogen and oxygen atoms in total. The van der Waals surface area contributed by atoms with Gasteiger partial charge in [0.2, 0.25) is 11.8 Å². The molecule has 0 radical (unpaired) electrons. The zero-order valence-corrected chi connectivity index (χ0v) is 17.2. The van der Waals surface area contributed by atoms with Crippen LogP contribution in [0.3, 0.4) is 0 Å². The van der Waals surface area contributed by atoms with E-state index in [1.165, 1.54) is 43.3 Å². The molecule has 29 heavy (non-hydrogen) atoms. The summed E-state index contributed by atoms with van der Waals surface area (Å²) in [6.45, 7) is 1.30. The van der Waals surface area contributed by atoms with E-state index in [4.69, 9.17) is 11.6 Å². The van der Waals surface area contributed by atoms with Gasteiger partial charge in [0.05, 0.1) is 10.6 Å². The number of rotatable bonds is 5. The zero-order chi connectivity index (χ0) is 21.2. The molecule has 1 aliphatic rings. The van der Waals surface area contributed by atoms with Gasteiger partial charge in [0.25, 0.3) is 0 Å². The average molecular weight is 439 g/mol. The lowest BCUT2D eigenvalue weighted by Gasteiger charge is -2.28. The first-order valence-corrected chi connectivity index (χ1v) is 10.9. The number of carbonyl (C=O) groups is 2. The topological polar surface area (TPSA) is 92.3 Å². The van der Waals surface area contributed by atoms with Crippen molar-refractivity contribution in [3.8, 4) is 0 Å². The van der Waals surface area contributed by atoms with E-state index < -0.39 is 26.3 Å². The molecule has 9 heteroatoms. The van der Waals surface area contributed by atoms with Crippen LogP contribution in [0.1, 0.15) is 32.6 Å². The molecular formula is C20H20ClFN2O4S. The summed E-state index contributed by atoms with van der Waals surface area (Å²) in [5.74, 6) is -1.88. The number of anilines is 2. The van der Waals surface area contributed by atoms with Crippen molar-refractivity contribution in [3.05, 3.63) is 53.3 Å². The van der Waals surface area contributed by atoms with Crippen LogP contribution in [0.4, 0.5) is 15.8 Å². The molecule has 0 atom stereocenters. The minimum Gasteiger partial charge on any atom is -0.326 e. The highest BCUT2D eigenvalue weighted by Crippen LogP contribution is 2.42. The highest BCUT2D eigenvalue weighted by molar-refractivity contribution is 7.93. The second kappa shape index (κ2) is 8.12. The number of halogens is 2. The molecule has 0 spiro atoms. The van der Waals surface area contributed by atoms with Crippen molar-refractivity contribution >= 4 is 44.6 Å². The number of sulfone groups is 1. The van der Waals surface area contributed by atoms with E-state index in [9.17, 15) is 22.4 Å². The molecule has 1 fully saturated rings. The van der Waals surface area contributed by atoms with Gasteiger partial charge in [-0.05, 0) is 55.3 Å². The van der Waals surface area contributed by atoms with Crippen LogP contribution in [0.2, 0.25) is 5.02 Å². The quantitative estimate of drug-likeness (QED) is 0.733. The summed E-state index contributed by atoms with van der Waals surface area (Å²) in [6.07, 6.45) is 1.40. The van der Waals surface area contributed by atoms with Gasteiger partial charge in [-0.3, -0.25) is 9.59 Å². The summed E-state index contributed by atoms with van der Waals surface area (Å²) in [4.78, 5) is 24.4. The van der Waals surface area contributed by atoms with Gasteiger partial charge < -0.3 is 10.6 Å². The SMILES string of the molecule is CC(=O)Nc1ccc(F)c(NC(=O)C2(S(=O)(=O)c3ccc(Cl)cc3)CCCC2)c1. The minimum atomic E-state index is -4.04. The van der Waals surface area contributed by atoms with Gasteiger partial charge in [-0.1, -0.05) is 24.4 Å². The van der Waals surface area contributed by atoms with E-state index >= 15 is 0 Å². The van der Waals surface area contributed by atoms with Crippen LogP contribution in [-0.4, -0.2) is 25.0 Å². The molecule has 3 rings (SSSR count). The Bertz CT molecular complexity index is 1050. The normalized spacial score (nSPS) is 15.7. The van der Waals surface area contributed by atoms with Crippen LogP contribution in [0.15, 0.2) is 47.4 Å². The Morgan fingerprint density at radius 3 is 2.24 bits per heavy atom. The Balaban J connectivity index is 1.97. The van der Waals surface area contributed by atoms with Crippen molar-refractivity contribution in [2.24, 2.45) is 0 Å². The van der Waals surface area contributed by atoms with Crippen LogP contribution >= 0.6 is 11.6 Å². The number of nitrogens with one attached hydrogen (secondary N) is 2. The fourth-order valence-corrected chi connectivity index (χ4v) is 5.73. The van der Waals surface area contributed by atoms with Gasteiger partial charge in [-0.15, -0.1) is 0 Å². The van der Waals surface area contributed by atoms with E-state index in [1.807, 2.05) is 0 Å². The number of hydrogen-bond donors (Lipinski definition) is 2. The first-order valence-electron chi connectivity index (χ1n) is 9.04. The Kier molecular flexibility index (Phi) is 5.95. The maximum atomic E-state index is 14.3. The first kappa shape index (κ1) is 21.3. The number of benzene rings is 2. The molecule has 2 N–H and O–H groups in total. The second-order valence-electron chi connectivity index (χ2n) is 6.99. The first-order chi connectivity index (χ1) is 13.7. The van der Waals surface area contributed by atoms with Gasteiger partial charge in [0, 0.05) is 17.6 Å². The summed E-state index contributed by atoms with van der Waals surface area (Å²) in [5.41, 5.74) is 0.0917. The predicted octanol–water partition coefficient (Wildman–Crippen LogP) is 4.16. The molecule has 2 amide bonds. The van der Waals surface area contributed by atoms with E-state index in [0.29, 0.717) is 17.9 Å². The van der Waals surface area contributed by atoms with Gasteiger partial charge in [-0.25, -0.2) is 12.8 Å². The average Bonchev–Trinajstić information content (AvgIpc) is 3.16. The number of hydrogen-bond acceptors (Lipinski definition) is 4. The largest absolute Gasteiger partial charge is 0.326 e. The predicted molar refractivity (Wildman–Crippen MR) is 109 cm³/mol. The lowest BCUT2D eigenvalue weighted by Crippen LogP contribution is -2.47. The summed E-state index contributed by atoms with van der Waals surface area (Å²) in [5, 5.41) is 5.30. The molecule has 2 aromatic carbocycles. The van der Waals surface area contributed by atoms with E-state index in [0.717, 1.165) is 6.07 Å². The molecular weight excluding hydrogens is 419 g/mol. The fraction of sp³-hybridized carbons (Fsp3) is 0.300. The molecule has 0 unspecified atom stereocenters. The number of carbonyl (C=O) groups excluding carboxylic acids is 2. The highest BCUT2D eigenvalue weighted by atomic mass is 35.5. The summed E-state index contributed by atoms with van der Waals surface area (Å²) >= 11 is 5.85. The lowest BCUT2D eigenvalue weighted by molar-refractivity contribution is -0.118. The molecule has 0 saturated heterocycles. The van der Waals surface area contributed by atoms with Crippen LogP contribution in [0, 0.1) is 5.82 Å². The maximum absolute atomic E-state index is 14.3. The van der Waals surface area contributed by atoms with E-state index in [-0.39, 0.29) is 35.0 Å². The number of amides is 2. The third kappa shape index (κ3) is 4.13. The summed E-state index contributed by atoms with van der Waals surface area (Å²) < 4.78 is 39.2. The van der Waals surface area contributed by atoms with Crippen LogP contribution in [-0.2, 0) is 19.4 Å². The van der Waals surface area contributed by atoms with Crippen molar-refractivity contribution < 1.29 is 22.4 Å². The standard InChI is InChI=1S/C20H20ClFN2O4S/c1-13(25)23-15-6-9-17(22)18(12-15)24-19(26)20(10-2-3-11-20)29(27,28)16-7-4-14(21)5-8-16/h4-9,12H,2-3,10-11H2,1H3,(H,23,25)(H,24,26).